The monoisotopic (exact) mass is 196 g/mol. The molecule has 0 N–H and O–H groups in total. The molecule has 0 fully saturated rings. The fourth-order valence-corrected chi connectivity index (χ4v) is 0.288. The molecule has 0 saturated carbocycles. The van der Waals surface area contributed by atoms with Crippen LogP contribution in [0.1, 0.15) is 6.92 Å². The fraction of sp³-hybridized carbons (Fsp3) is 0.125. The van der Waals surface area contributed by atoms with Gasteiger partial charge in [-0.3, -0.25) is 0 Å². The van der Waals surface area contributed by atoms with Crippen molar-refractivity contribution < 1.29 is 32.7 Å². The normalized spacial score (nSPS) is 11.0. The van der Waals surface area contributed by atoms with E-state index in [0.717, 1.165) is 5.57 Å². The van der Waals surface area contributed by atoms with Crippen molar-refractivity contribution in [2.45, 2.75) is 6.92 Å². The van der Waals surface area contributed by atoms with Crippen molar-refractivity contribution in [3.05, 3.63) is 43.4 Å². The number of hydrogen-bond acceptors (Lipinski definition) is 0. The first-order valence-electron chi connectivity index (χ1n) is 2.58. The Kier molecular flexibility index (Phi) is 10.9. The van der Waals surface area contributed by atoms with Gasteiger partial charge in [-0.05, 0) is 0 Å². The summed E-state index contributed by atoms with van der Waals surface area (Å²) in [5.74, 6) is 0. The molecule has 0 rings (SSSR count). The maximum Gasteiger partial charge on any atom is 0 e. The van der Waals surface area contributed by atoms with Gasteiger partial charge in [-0.2, -0.15) is 24.6 Å². The maximum absolute atomic E-state index is 3.72. The van der Waals surface area contributed by atoms with Gasteiger partial charge >= 0.3 is 0 Å². The van der Waals surface area contributed by atoms with E-state index in [9.17, 15) is 0 Å². The number of allylic oxidation sites excluding steroid dienone is 5. The van der Waals surface area contributed by atoms with Crippen LogP contribution in [0.3, 0.4) is 0 Å². The Morgan fingerprint density at radius 3 is 2.44 bits per heavy atom. The van der Waals surface area contributed by atoms with E-state index >= 15 is 0 Å². The molecule has 0 bridgehead atoms. The van der Waals surface area contributed by atoms with Crippen LogP contribution in [-0.4, -0.2) is 0 Å². The van der Waals surface area contributed by atoms with E-state index in [4.69, 9.17) is 0 Å². The average Bonchev–Trinajstić information content (AvgIpc) is 1.83. The molecule has 0 heterocycles. The first kappa shape index (κ1) is 11.9. The topological polar surface area (TPSA) is 0 Å². The molecule has 0 aromatic heterocycles. The van der Waals surface area contributed by atoms with Crippen molar-refractivity contribution in [2.24, 2.45) is 0 Å². The van der Waals surface area contributed by atoms with E-state index in [2.05, 4.69) is 13.5 Å². The predicted octanol–water partition coefficient (Wildman–Crippen LogP) is 2.51. The Bertz CT molecular complexity index is 121. The Morgan fingerprint density at radius 2 is 2.11 bits per heavy atom. The Morgan fingerprint density at radius 1 is 1.56 bits per heavy atom. The summed E-state index contributed by atoms with van der Waals surface area (Å²) in [6.45, 7) is 9.20. The molecule has 0 aliphatic carbocycles. The van der Waals surface area contributed by atoms with Gasteiger partial charge in [-0.15, -0.1) is 12.7 Å². The van der Waals surface area contributed by atoms with Crippen LogP contribution in [0.4, 0.5) is 0 Å². The standard InChI is InChI=1S/C8H11.Y/c1-4-6-7-8(3)5-2;/h4-7H,1,3H2,2H3;/q-1;/b7-6-,8-5-;. The molecule has 1 radical (unpaired) electrons. The summed E-state index contributed by atoms with van der Waals surface area (Å²) in [5.41, 5.74) is 1.02. The summed E-state index contributed by atoms with van der Waals surface area (Å²) in [5, 5.41) is 0. The summed E-state index contributed by atoms with van der Waals surface area (Å²) in [7, 11) is 0. The average molecular weight is 196 g/mol. The zero-order chi connectivity index (χ0) is 6.41. The van der Waals surface area contributed by atoms with Gasteiger partial charge < -0.3 is 0 Å². The molecule has 0 saturated heterocycles. The summed E-state index contributed by atoms with van der Waals surface area (Å²) in [6, 6.07) is 0. The van der Waals surface area contributed by atoms with Gasteiger partial charge in [0.15, 0.2) is 0 Å². The van der Waals surface area contributed by atoms with Crippen LogP contribution in [0.2, 0.25) is 0 Å². The van der Waals surface area contributed by atoms with Crippen molar-refractivity contribution >= 4 is 0 Å². The minimum absolute atomic E-state index is 0. The maximum atomic E-state index is 3.72. The van der Waals surface area contributed by atoms with Crippen molar-refractivity contribution in [1.82, 2.24) is 0 Å². The van der Waals surface area contributed by atoms with Crippen molar-refractivity contribution in [3.8, 4) is 0 Å². The van der Waals surface area contributed by atoms with E-state index in [1.54, 1.807) is 6.08 Å². The molecule has 0 unspecified atom stereocenters. The van der Waals surface area contributed by atoms with Crippen LogP contribution in [0.5, 0.6) is 0 Å². The van der Waals surface area contributed by atoms with Gasteiger partial charge in [-0.1, -0.05) is 13.0 Å². The van der Waals surface area contributed by atoms with Crippen LogP contribution in [0.25, 0.3) is 0 Å². The summed E-state index contributed by atoms with van der Waals surface area (Å²) in [6.07, 6.45) is 7.45. The summed E-state index contributed by atoms with van der Waals surface area (Å²) >= 11 is 0. The van der Waals surface area contributed by atoms with Crippen molar-refractivity contribution in [3.63, 3.8) is 0 Å². The Balaban J connectivity index is 0. The molecule has 0 atom stereocenters. The first-order chi connectivity index (χ1) is 3.81. The van der Waals surface area contributed by atoms with Gasteiger partial charge in [-0.25, -0.2) is 0 Å². The number of hydrogen-bond donors (Lipinski definition) is 0. The van der Waals surface area contributed by atoms with Crippen molar-refractivity contribution in [1.29, 1.82) is 0 Å². The Hall–Kier alpha value is 0.194. The third-order valence-corrected chi connectivity index (χ3v) is 0.817. The largest absolute Gasteiger partial charge is 0.199 e. The third kappa shape index (κ3) is 8.19. The Labute approximate surface area is 82.6 Å². The quantitative estimate of drug-likeness (QED) is 0.470. The van der Waals surface area contributed by atoms with Gasteiger partial charge in [0, 0.05) is 32.7 Å². The molecule has 9 heavy (non-hydrogen) atoms. The molecule has 0 spiro atoms. The molecule has 0 aliphatic heterocycles. The van der Waals surface area contributed by atoms with Gasteiger partial charge in [0.25, 0.3) is 0 Å². The molecule has 47 valence electrons. The molecule has 0 aliphatic rings. The van der Waals surface area contributed by atoms with E-state index in [0.29, 0.717) is 0 Å². The van der Waals surface area contributed by atoms with E-state index in [1.165, 1.54) is 0 Å². The minimum Gasteiger partial charge on any atom is -0.199 e. The van der Waals surface area contributed by atoms with E-state index in [-0.39, 0.29) is 32.7 Å². The zero-order valence-corrected chi connectivity index (χ0v) is 8.64. The minimum atomic E-state index is 0. The van der Waals surface area contributed by atoms with Crippen LogP contribution in [0, 0.1) is 6.92 Å². The molecule has 0 amide bonds. The number of rotatable bonds is 2. The second kappa shape index (κ2) is 8.19. The molecule has 0 nitrogen and oxygen atoms in total. The van der Waals surface area contributed by atoms with E-state index < -0.39 is 0 Å². The predicted molar refractivity (Wildman–Crippen MR) is 38.5 cm³/mol. The zero-order valence-electron chi connectivity index (χ0n) is 5.80. The summed E-state index contributed by atoms with van der Waals surface area (Å²) < 4.78 is 0. The van der Waals surface area contributed by atoms with Crippen LogP contribution in [0.15, 0.2) is 36.5 Å². The smallest absolute Gasteiger partial charge is 0 e. The molecular formula is C8H11Y-. The van der Waals surface area contributed by atoms with Crippen LogP contribution >= 0.6 is 0 Å². The van der Waals surface area contributed by atoms with Gasteiger partial charge in [0.05, 0.1) is 0 Å². The van der Waals surface area contributed by atoms with Crippen molar-refractivity contribution in [2.75, 3.05) is 0 Å². The fourth-order valence-electron chi connectivity index (χ4n) is 0.288. The molecule has 0 aromatic carbocycles. The molecule has 0 aromatic rings. The summed E-state index contributed by atoms with van der Waals surface area (Å²) in [4.78, 5) is 0. The second-order valence-corrected chi connectivity index (χ2v) is 1.46. The second-order valence-electron chi connectivity index (χ2n) is 1.46. The first-order valence-corrected chi connectivity index (χ1v) is 2.58. The van der Waals surface area contributed by atoms with Gasteiger partial charge in [0.1, 0.15) is 0 Å². The molecular weight excluding hydrogens is 185 g/mol. The van der Waals surface area contributed by atoms with E-state index in [1.807, 2.05) is 25.2 Å². The SMILES string of the molecule is C=C/C=C\C([CH2-])=C/C.[Y]. The van der Waals surface area contributed by atoms with Crippen LogP contribution in [-0.2, 0) is 32.7 Å². The van der Waals surface area contributed by atoms with Crippen LogP contribution < -0.4 is 0 Å². The molecule has 1 heteroatoms. The van der Waals surface area contributed by atoms with Gasteiger partial charge in [0.2, 0.25) is 0 Å². The third-order valence-electron chi connectivity index (χ3n) is 0.817.